The minimum absolute atomic E-state index is 0.150. The van der Waals surface area contributed by atoms with Gasteiger partial charge in [-0.25, -0.2) is 4.99 Å². The molecule has 4 rings (SSSR count). The zero-order chi connectivity index (χ0) is 20.2. The standard InChI is InChI=1S/C22H20BrN3O3/c1-2-8-28-21-9-14(6-7-20(21)29-16-5-3-4-15(23)10-16)17-11-22(27)24-13-19-18(17)12-25-26-19/h3-7,9-10,12-13,17H,2,8,11H2,1H3,(H,25,26). The summed E-state index contributed by atoms with van der Waals surface area (Å²) in [6, 6.07) is 13.4. The van der Waals surface area contributed by atoms with Crippen molar-refractivity contribution >= 4 is 28.1 Å². The summed E-state index contributed by atoms with van der Waals surface area (Å²) >= 11 is 3.46. The van der Waals surface area contributed by atoms with Crippen LogP contribution in [0.1, 0.15) is 42.5 Å². The molecule has 0 bridgehead atoms. The Morgan fingerprint density at radius 2 is 2.10 bits per heavy atom. The molecular formula is C22H20BrN3O3. The molecule has 1 amide bonds. The van der Waals surface area contributed by atoms with E-state index in [4.69, 9.17) is 9.47 Å². The molecule has 3 aromatic rings. The van der Waals surface area contributed by atoms with Crippen LogP contribution in [0, 0.1) is 0 Å². The monoisotopic (exact) mass is 453 g/mol. The number of aromatic nitrogens is 2. The lowest BCUT2D eigenvalue weighted by Crippen LogP contribution is -2.07. The summed E-state index contributed by atoms with van der Waals surface area (Å²) < 4.78 is 13.0. The largest absolute Gasteiger partial charge is 0.490 e. The quantitative estimate of drug-likeness (QED) is 0.553. The van der Waals surface area contributed by atoms with Gasteiger partial charge >= 0.3 is 0 Å². The van der Waals surface area contributed by atoms with Gasteiger partial charge in [0.25, 0.3) is 0 Å². The first kappa shape index (κ1) is 19.4. The van der Waals surface area contributed by atoms with Crippen LogP contribution in [-0.2, 0) is 4.79 Å². The van der Waals surface area contributed by atoms with E-state index < -0.39 is 0 Å². The van der Waals surface area contributed by atoms with Crippen LogP contribution in [0.4, 0.5) is 0 Å². The van der Waals surface area contributed by atoms with E-state index in [0.717, 1.165) is 27.7 Å². The molecule has 148 valence electrons. The Labute approximate surface area is 177 Å². The van der Waals surface area contributed by atoms with Gasteiger partial charge in [0.2, 0.25) is 5.91 Å². The summed E-state index contributed by atoms with van der Waals surface area (Å²) in [6.45, 7) is 2.62. The van der Waals surface area contributed by atoms with Crippen molar-refractivity contribution in [3.05, 3.63) is 70.0 Å². The van der Waals surface area contributed by atoms with Crippen molar-refractivity contribution < 1.29 is 14.3 Å². The Morgan fingerprint density at radius 3 is 2.93 bits per heavy atom. The lowest BCUT2D eigenvalue weighted by molar-refractivity contribution is -0.117. The number of fused-ring (bicyclic) bond motifs is 1. The molecule has 0 fully saturated rings. The van der Waals surface area contributed by atoms with Crippen LogP contribution in [-0.4, -0.2) is 28.9 Å². The van der Waals surface area contributed by atoms with E-state index in [9.17, 15) is 4.79 Å². The molecule has 0 spiro atoms. The number of hydrogen-bond acceptors (Lipinski definition) is 4. The summed E-state index contributed by atoms with van der Waals surface area (Å²) in [4.78, 5) is 16.1. The predicted molar refractivity (Wildman–Crippen MR) is 114 cm³/mol. The van der Waals surface area contributed by atoms with Gasteiger partial charge in [0, 0.05) is 22.4 Å². The van der Waals surface area contributed by atoms with E-state index in [1.807, 2.05) is 42.5 Å². The average Bonchev–Trinajstić information content (AvgIpc) is 3.12. The van der Waals surface area contributed by atoms with Crippen LogP contribution in [0.25, 0.3) is 0 Å². The molecule has 1 atom stereocenters. The maximum absolute atomic E-state index is 12.1. The second kappa shape index (κ2) is 8.61. The Hall–Kier alpha value is -2.93. The Balaban J connectivity index is 1.70. The molecule has 0 saturated heterocycles. The van der Waals surface area contributed by atoms with Gasteiger partial charge in [-0.15, -0.1) is 0 Å². The number of rotatable bonds is 6. The van der Waals surface area contributed by atoms with Crippen LogP contribution in [0.5, 0.6) is 17.2 Å². The summed E-state index contributed by atoms with van der Waals surface area (Å²) in [7, 11) is 0. The number of carbonyl (C=O) groups is 1. The molecule has 0 radical (unpaired) electrons. The number of hydrogen-bond donors (Lipinski definition) is 1. The number of nitrogens with one attached hydrogen (secondary N) is 1. The predicted octanol–water partition coefficient (Wildman–Crippen LogP) is 5.23. The highest BCUT2D eigenvalue weighted by Crippen LogP contribution is 2.38. The molecule has 1 N–H and O–H groups in total. The zero-order valence-corrected chi connectivity index (χ0v) is 17.5. The number of halogens is 1. The van der Waals surface area contributed by atoms with Gasteiger partial charge in [-0.2, -0.15) is 5.10 Å². The Kier molecular flexibility index (Phi) is 5.76. The molecule has 2 heterocycles. The normalized spacial score (nSPS) is 15.7. The minimum Gasteiger partial charge on any atom is -0.490 e. The van der Waals surface area contributed by atoms with E-state index in [1.54, 1.807) is 12.4 Å². The zero-order valence-electron chi connectivity index (χ0n) is 15.9. The fourth-order valence-corrected chi connectivity index (χ4v) is 3.64. The second-order valence-electron chi connectivity index (χ2n) is 6.76. The van der Waals surface area contributed by atoms with Crippen molar-refractivity contribution in [1.29, 1.82) is 0 Å². The summed E-state index contributed by atoms with van der Waals surface area (Å²) in [5.41, 5.74) is 2.66. The van der Waals surface area contributed by atoms with E-state index in [-0.39, 0.29) is 18.2 Å². The molecule has 7 heteroatoms. The van der Waals surface area contributed by atoms with Crippen molar-refractivity contribution in [3.8, 4) is 17.2 Å². The first-order valence-corrected chi connectivity index (χ1v) is 10.2. The Morgan fingerprint density at radius 1 is 1.21 bits per heavy atom. The average molecular weight is 454 g/mol. The van der Waals surface area contributed by atoms with Gasteiger partial charge < -0.3 is 9.47 Å². The summed E-state index contributed by atoms with van der Waals surface area (Å²) in [6.07, 6.45) is 4.46. The number of H-pyrrole nitrogens is 1. The number of ether oxygens (including phenoxy) is 2. The van der Waals surface area contributed by atoms with Gasteiger partial charge in [0.1, 0.15) is 5.75 Å². The SMILES string of the molecule is CCCOc1cc(C2CC(=O)N=Cc3[nH]ncc32)ccc1Oc1cccc(Br)c1. The van der Waals surface area contributed by atoms with Gasteiger partial charge in [-0.05, 0) is 42.3 Å². The fourth-order valence-electron chi connectivity index (χ4n) is 3.27. The number of nitrogens with zero attached hydrogens (tertiary/aromatic N) is 2. The molecule has 1 aromatic heterocycles. The molecular weight excluding hydrogens is 434 g/mol. The number of amides is 1. The highest BCUT2D eigenvalue weighted by atomic mass is 79.9. The third-order valence-electron chi connectivity index (χ3n) is 4.65. The van der Waals surface area contributed by atoms with Crippen molar-refractivity contribution in [3.63, 3.8) is 0 Å². The smallest absolute Gasteiger partial charge is 0.246 e. The van der Waals surface area contributed by atoms with Gasteiger partial charge in [0.15, 0.2) is 11.5 Å². The van der Waals surface area contributed by atoms with Crippen LogP contribution in [0.2, 0.25) is 0 Å². The van der Waals surface area contributed by atoms with E-state index in [1.165, 1.54) is 0 Å². The van der Waals surface area contributed by atoms with Crippen molar-refractivity contribution in [2.24, 2.45) is 4.99 Å². The minimum atomic E-state index is -0.162. The molecule has 2 aromatic carbocycles. The molecule has 1 aliphatic rings. The lowest BCUT2D eigenvalue weighted by Gasteiger charge is -2.18. The van der Waals surface area contributed by atoms with Gasteiger partial charge in [-0.1, -0.05) is 35.0 Å². The Bertz CT molecular complexity index is 1060. The fraction of sp³-hybridized carbons (Fsp3) is 0.227. The lowest BCUT2D eigenvalue weighted by atomic mass is 9.89. The highest BCUT2D eigenvalue weighted by molar-refractivity contribution is 9.10. The van der Waals surface area contributed by atoms with Crippen LogP contribution in [0.3, 0.4) is 0 Å². The van der Waals surface area contributed by atoms with Crippen LogP contribution >= 0.6 is 15.9 Å². The first-order chi connectivity index (χ1) is 14.1. The van der Waals surface area contributed by atoms with E-state index >= 15 is 0 Å². The second-order valence-corrected chi connectivity index (χ2v) is 7.68. The van der Waals surface area contributed by atoms with E-state index in [2.05, 4.69) is 38.0 Å². The molecule has 1 unspecified atom stereocenters. The van der Waals surface area contributed by atoms with Gasteiger partial charge in [0.05, 0.1) is 24.7 Å². The number of aromatic amines is 1. The maximum Gasteiger partial charge on any atom is 0.246 e. The topological polar surface area (TPSA) is 76.6 Å². The third kappa shape index (κ3) is 4.40. The van der Waals surface area contributed by atoms with Crippen LogP contribution in [0.15, 0.2) is 58.1 Å². The third-order valence-corrected chi connectivity index (χ3v) is 5.14. The summed E-state index contributed by atoms with van der Waals surface area (Å²) in [5, 5.41) is 7.02. The molecule has 6 nitrogen and oxygen atoms in total. The molecule has 1 aliphatic heterocycles. The number of aliphatic imine (C=N–C) groups is 1. The number of benzene rings is 2. The molecule has 29 heavy (non-hydrogen) atoms. The number of carbonyl (C=O) groups excluding carboxylic acids is 1. The molecule has 0 saturated carbocycles. The van der Waals surface area contributed by atoms with Crippen molar-refractivity contribution in [1.82, 2.24) is 10.2 Å². The first-order valence-electron chi connectivity index (χ1n) is 9.44. The van der Waals surface area contributed by atoms with Crippen LogP contribution < -0.4 is 9.47 Å². The van der Waals surface area contributed by atoms with Crippen molar-refractivity contribution in [2.45, 2.75) is 25.7 Å². The highest BCUT2D eigenvalue weighted by Gasteiger charge is 2.25. The van der Waals surface area contributed by atoms with E-state index in [0.29, 0.717) is 23.9 Å². The maximum atomic E-state index is 12.1. The molecule has 0 aliphatic carbocycles. The van der Waals surface area contributed by atoms with Gasteiger partial charge in [-0.3, -0.25) is 9.89 Å². The summed E-state index contributed by atoms with van der Waals surface area (Å²) in [5.74, 6) is 1.67. The van der Waals surface area contributed by atoms with Crippen molar-refractivity contribution in [2.75, 3.05) is 6.61 Å².